The van der Waals surface area contributed by atoms with Gasteiger partial charge >= 0.3 is 0 Å². The Balaban J connectivity index is 3.42. The molecular weight excluding hydrogens is 272 g/mol. The fraction of sp³-hybridized carbons (Fsp3) is 0.200. The minimum Gasteiger partial charge on any atom is -0.769 e. The molecule has 1 aromatic carbocycles. The number of carbonyl (C=O) groups is 2. The van der Waals surface area contributed by atoms with Crippen molar-refractivity contribution in [3.8, 4) is 0 Å². The summed E-state index contributed by atoms with van der Waals surface area (Å²) in [4.78, 5) is 22.0. The molecular formula is C10H12N4O6-2. The van der Waals surface area contributed by atoms with Gasteiger partial charge in [-0.05, 0) is 12.1 Å². The summed E-state index contributed by atoms with van der Waals surface area (Å²) in [5.74, 6) is -1.09. The van der Waals surface area contributed by atoms with Crippen LogP contribution in [0.3, 0.4) is 0 Å². The van der Waals surface area contributed by atoms with Crippen LogP contribution in [0.4, 0.5) is 22.7 Å². The second-order valence-corrected chi connectivity index (χ2v) is 3.80. The fourth-order valence-corrected chi connectivity index (χ4v) is 1.47. The van der Waals surface area contributed by atoms with Crippen LogP contribution in [0.5, 0.6) is 0 Å². The Kier molecular flexibility index (Phi) is 4.83. The van der Waals surface area contributed by atoms with E-state index in [1.165, 1.54) is 6.92 Å². The second kappa shape index (κ2) is 6.16. The van der Waals surface area contributed by atoms with Gasteiger partial charge in [0.05, 0.1) is 11.4 Å². The largest absolute Gasteiger partial charge is 0.769 e. The molecule has 0 aliphatic rings. The van der Waals surface area contributed by atoms with Crippen LogP contribution >= 0.6 is 0 Å². The maximum atomic E-state index is 11.0. The van der Waals surface area contributed by atoms with Gasteiger partial charge in [0.1, 0.15) is 5.69 Å². The highest BCUT2D eigenvalue weighted by Gasteiger charge is 2.14. The maximum absolute atomic E-state index is 11.0. The average Bonchev–Trinajstić information content (AvgIpc) is 2.26. The van der Waals surface area contributed by atoms with Crippen LogP contribution < -0.4 is 21.1 Å². The number of nitrogens with zero attached hydrogens (tertiary/aromatic N) is 2. The predicted molar refractivity (Wildman–Crippen MR) is 70.3 cm³/mol. The van der Waals surface area contributed by atoms with Crippen molar-refractivity contribution in [1.29, 1.82) is 0 Å². The zero-order valence-electron chi connectivity index (χ0n) is 10.6. The first-order chi connectivity index (χ1) is 9.22. The van der Waals surface area contributed by atoms with Crippen molar-refractivity contribution in [1.82, 2.24) is 0 Å². The van der Waals surface area contributed by atoms with Crippen molar-refractivity contribution in [2.24, 2.45) is 0 Å². The van der Waals surface area contributed by atoms with E-state index in [0.717, 1.165) is 19.1 Å². The number of amides is 2. The van der Waals surface area contributed by atoms with Crippen LogP contribution in [0, 0.1) is 10.4 Å². The minimum absolute atomic E-state index is 0.114. The summed E-state index contributed by atoms with van der Waals surface area (Å²) >= 11 is 0. The lowest BCUT2D eigenvalue weighted by molar-refractivity contribution is -0.115. The number of hydrogen-bond donors (Lipinski definition) is 4. The van der Waals surface area contributed by atoms with Gasteiger partial charge in [0.2, 0.25) is 11.8 Å². The van der Waals surface area contributed by atoms with Crippen LogP contribution in [-0.4, -0.2) is 22.2 Å². The van der Waals surface area contributed by atoms with E-state index in [4.69, 9.17) is 10.4 Å². The molecule has 0 aliphatic heterocycles. The van der Waals surface area contributed by atoms with Gasteiger partial charge in [0, 0.05) is 19.5 Å². The molecule has 0 radical (unpaired) electrons. The monoisotopic (exact) mass is 284 g/mol. The summed E-state index contributed by atoms with van der Waals surface area (Å²) in [6.45, 7) is 2.32. The number of benzene rings is 1. The van der Waals surface area contributed by atoms with Crippen LogP contribution in [0.25, 0.3) is 0 Å². The molecule has 10 heteroatoms. The second-order valence-electron chi connectivity index (χ2n) is 3.80. The van der Waals surface area contributed by atoms with Gasteiger partial charge in [0.25, 0.3) is 0 Å². The molecule has 0 saturated heterocycles. The molecule has 110 valence electrons. The molecule has 4 N–H and O–H groups in total. The van der Waals surface area contributed by atoms with Gasteiger partial charge in [-0.2, -0.15) is 0 Å². The van der Waals surface area contributed by atoms with Crippen LogP contribution in [0.2, 0.25) is 0 Å². The minimum atomic E-state index is -0.810. The molecule has 0 heterocycles. The average molecular weight is 284 g/mol. The van der Waals surface area contributed by atoms with Crippen molar-refractivity contribution in [2.45, 2.75) is 13.8 Å². The summed E-state index contributed by atoms with van der Waals surface area (Å²) in [5.41, 5.74) is -1.27. The Hall–Kier alpha value is -2.40. The zero-order chi connectivity index (χ0) is 15.4. The molecule has 0 atom stereocenters. The Bertz CT molecular complexity index is 487. The molecule has 2 amide bonds. The van der Waals surface area contributed by atoms with Crippen LogP contribution in [0.1, 0.15) is 13.8 Å². The van der Waals surface area contributed by atoms with E-state index in [1.807, 2.05) is 0 Å². The number of hydrogen-bond acceptors (Lipinski definition) is 8. The van der Waals surface area contributed by atoms with Crippen LogP contribution in [-0.2, 0) is 9.59 Å². The van der Waals surface area contributed by atoms with E-state index in [2.05, 4.69) is 10.6 Å². The van der Waals surface area contributed by atoms with Crippen molar-refractivity contribution in [2.75, 3.05) is 21.1 Å². The maximum Gasteiger partial charge on any atom is 0.221 e. The number of anilines is 4. The third kappa shape index (κ3) is 3.80. The predicted octanol–water partition coefficient (Wildman–Crippen LogP) is 0.990. The van der Waals surface area contributed by atoms with Gasteiger partial charge in [0.15, 0.2) is 0 Å². The standard InChI is InChI=1S/C10H12N4O6/c1-5(15)11-7-3-8(12-6(2)16)10(14(19)20)4-9(7)13(17)18/h3-4,17-18H,1-2H3,(H,11,15)(H,12,16)/q-2. The molecule has 0 aromatic heterocycles. The summed E-state index contributed by atoms with van der Waals surface area (Å²) < 4.78 is 0. The first kappa shape index (κ1) is 15.7. The Morgan fingerprint density at radius 1 is 1.00 bits per heavy atom. The fourth-order valence-electron chi connectivity index (χ4n) is 1.47. The lowest BCUT2D eigenvalue weighted by atomic mass is 10.2. The Labute approximate surface area is 113 Å². The Morgan fingerprint density at radius 2 is 1.45 bits per heavy atom. The first-order valence-electron chi connectivity index (χ1n) is 5.28. The van der Waals surface area contributed by atoms with E-state index in [1.54, 1.807) is 0 Å². The third-order valence-electron chi connectivity index (χ3n) is 2.15. The topological polar surface area (TPSA) is 151 Å². The van der Waals surface area contributed by atoms with Crippen molar-refractivity contribution in [3.63, 3.8) is 0 Å². The summed E-state index contributed by atoms with van der Waals surface area (Å²) in [6.07, 6.45) is 0. The van der Waals surface area contributed by atoms with Gasteiger partial charge in [-0.15, -0.1) is 5.23 Å². The van der Waals surface area contributed by atoms with Gasteiger partial charge in [-0.1, -0.05) is 0 Å². The zero-order valence-corrected chi connectivity index (χ0v) is 10.6. The summed E-state index contributed by atoms with van der Waals surface area (Å²) in [7, 11) is 0. The lowest BCUT2D eigenvalue weighted by Crippen LogP contribution is -2.18. The van der Waals surface area contributed by atoms with E-state index in [0.29, 0.717) is 0 Å². The molecule has 1 aromatic rings. The molecule has 20 heavy (non-hydrogen) atoms. The van der Waals surface area contributed by atoms with Gasteiger partial charge in [-0.25, -0.2) is 0 Å². The number of carbonyl (C=O) groups excluding carboxylic acids is 2. The van der Waals surface area contributed by atoms with E-state index < -0.39 is 28.4 Å². The number of rotatable bonds is 4. The normalized spacial score (nSPS) is 9.90. The molecule has 0 bridgehead atoms. The smallest absolute Gasteiger partial charge is 0.221 e. The molecule has 1 rings (SSSR count). The number of nitrogens with one attached hydrogen (secondary N) is 2. The van der Waals surface area contributed by atoms with E-state index >= 15 is 0 Å². The molecule has 0 aliphatic carbocycles. The van der Waals surface area contributed by atoms with E-state index in [-0.39, 0.29) is 16.6 Å². The van der Waals surface area contributed by atoms with Crippen molar-refractivity contribution >= 4 is 34.6 Å². The summed E-state index contributed by atoms with van der Waals surface area (Å²) in [5, 5.41) is 43.1. The quantitative estimate of drug-likeness (QED) is 0.597. The molecule has 0 fully saturated rings. The molecule has 0 saturated carbocycles. The first-order valence-corrected chi connectivity index (χ1v) is 5.28. The third-order valence-corrected chi connectivity index (χ3v) is 2.15. The highest BCUT2D eigenvalue weighted by molar-refractivity contribution is 5.99. The SMILES string of the molecule is CC(=O)Nc1cc(NC(C)=O)c(N(O)O)cc1N([O-])[O-]. The van der Waals surface area contributed by atoms with Crippen molar-refractivity contribution < 1.29 is 20.0 Å². The highest BCUT2D eigenvalue weighted by atomic mass is 16.8. The van der Waals surface area contributed by atoms with Gasteiger partial charge < -0.3 is 26.3 Å². The summed E-state index contributed by atoms with van der Waals surface area (Å²) in [6, 6.07) is 1.85. The lowest BCUT2D eigenvalue weighted by Gasteiger charge is -2.39. The molecule has 0 spiro atoms. The molecule has 10 nitrogen and oxygen atoms in total. The van der Waals surface area contributed by atoms with Crippen molar-refractivity contribution in [3.05, 3.63) is 22.5 Å². The van der Waals surface area contributed by atoms with Gasteiger partial charge in [-0.3, -0.25) is 20.0 Å². The highest BCUT2D eigenvalue weighted by Crippen LogP contribution is 2.36. The van der Waals surface area contributed by atoms with E-state index in [9.17, 15) is 20.0 Å². The Morgan fingerprint density at radius 3 is 1.80 bits per heavy atom. The molecule has 0 unspecified atom stereocenters. The van der Waals surface area contributed by atoms with Crippen LogP contribution in [0.15, 0.2) is 12.1 Å².